The molecule has 6 aliphatic rings. The molecule has 0 radical (unpaired) electrons. The first-order valence-electron chi connectivity index (χ1n) is 32.8. The highest BCUT2D eigenvalue weighted by atomic mass is 32.2. The average Bonchev–Trinajstić information content (AvgIpc) is 1.58. The number of fused-ring (bicyclic) bond motifs is 12. The van der Waals surface area contributed by atoms with Crippen molar-refractivity contribution >= 4 is 123 Å². The number of thiophene rings is 1. The highest BCUT2D eigenvalue weighted by Gasteiger charge is 2.48. The standard InChI is InChI=1S/C84H73BN4S2/c1-81(2)41-43-83(5,6)64-45-53(37-39-62(64)81)55-47-71-77-72(48-55)87(58-27-15-10-16-28-58)69-52-70-76(51-67(69)85(77)66-34-22-23-35-68(66)86(71)57-25-13-9-14-26-57)91-78-61-33-21-24-36-75(61)90-80(78)89(60-31-19-12-20-32-60)74-50-56(49-73(79(74)91)88(70)59-29-17-11-18-30-59)54-38-40-63-65(46-54)84(7,8)44-42-82(63,3)4/h9-40,45-52,91H,41-44H2,1-8H3. The van der Waals surface area contributed by atoms with E-state index < -0.39 is 10.9 Å². The number of anilines is 12. The second-order valence-corrected chi connectivity index (χ2v) is 32.1. The third-order valence-electron chi connectivity index (χ3n) is 21.7. The van der Waals surface area contributed by atoms with Crippen LogP contribution in [0.2, 0.25) is 0 Å². The molecule has 0 spiro atoms. The van der Waals surface area contributed by atoms with Crippen molar-refractivity contribution in [1.82, 2.24) is 0 Å². The lowest BCUT2D eigenvalue weighted by molar-refractivity contribution is 0.332. The van der Waals surface area contributed by atoms with E-state index in [0.29, 0.717) is 0 Å². The van der Waals surface area contributed by atoms with Crippen LogP contribution in [-0.2, 0) is 21.7 Å². The fourth-order valence-electron chi connectivity index (χ4n) is 16.7. The zero-order valence-corrected chi connectivity index (χ0v) is 54.9. The topological polar surface area (TPSA) is 13.0 Å². The summed E-state index contributed by atoms with van der Waals surface area (Å²) in [5.41, 5.74) is 28.3. The second-order valence-electron chi connectivity index (χ2n) is 29.0. The van der Waals surface area contributed by atoms with E-state index in [-0.39, 0.29) is 28.4 Å². The normalized spacial score (nSPS) is 18.2. The van der Waals surface area contributed by atoms with E-state index >= 15 is 0 Å². The summed E-state index contributed by atoms with van der Waals surface area (Å²) in [7, 11) is -1.20. The van der Waals surface area contributed by atoms with Crippen molar-refractivity contribution in [2.24, 2.45) is 0 Å². The van der Waals surface area contributed by atoms with Crippen molar-refractivity contribution in [3.8, 4) is 22.3 Å². The van der Waals surface area contributed by atoms with Crippen molar-refractivity contribution in [2.75, 3.05) is 19.6 Å². The summed E-state index contributed by atoms with van der Waals surface area (Å²) >= 11 is 1.95. The van der Waals surface area contributed by atoms with E-state index in [4.69, 9.17) is 0 Å². The molecule has 4 nitrogen and oxygen atoms in total. The minimum Gasteiger partial charge on any atom is -0.311 e. The van der Waals surface area contributed by atoms with Crippen molar-refractivity contribution in [1.29, 1.82) is 0 Å². The van der Waals surface area contributed by atoms with Gasteiger partial charge in [-0.3, -0.25) is 4.90 Å². The zero-order valence-electron chi connectivity index (χ0n) is 53.1. The summed E-state index contributed by atoms with van der Waals surface area (Å²) in [6.45, 7) is 19.5. The number of rotatable bonds is 6. The van der Waals surface area contributed by atoms with Crippen LogP contribution in [0.5, 0.6) is 0 Å². The molecule has 1 aromatic heterocycles. The maximum Gasteiger partial charge on any atom is 0.252 e. The van der Waals surface area contributed by atoms with Gasteiger partial charge in [0.2, 0.25) is 0 Å². The van der Waals surface area contributed by atoms with Crippen LogP contribution in [0.3, 0.4) is 0 Å². The summed E-state index contributed by atoms with van der Waals surface area (Å²) in [5.74, 6) is 0. The smallest absolute Gasteiger partial charge is 0.252 e. The SMILES string of the molecule is CC1(C)CCC(C)(C)c2cc(-c3cc4c5c(c3)N(c3ccccc3)c3cc6c(cc3B5c3ccccc3N4c3ccccc3)[SH]3c4c(cc(-c5ccc7c(c5)C(C)(C)CCC7(C)C)cc4N(c4ccccc4)c4sc5ccccc5c43)N6c3ccccc3)ccc21. The van der Waals surface area contributed by atoms with Gasteiger partial charge in [0.1, 0.15) is 5.00 Å². The molecule has 0 fully saturated rings. The third kappa shape index (κ3) is 8.15. The van der Waals surface area contributed by atoms with Gasteiger partial charge in [0.25, 0.3) is 6.71 Å². The molecule has 0 N–H and O–H groups in total. The minimum absolute atomic E-state index is 0.0475. The molecule has 444 valence electrons. The summed E-state index contributed by atoms with van der Waals surface area (Å²) in [5, 5.41) is 2.65. The zero-order chi connectivity index (χ0) is 61.4. The predicted molar refractivity (Wildman–Crippen MR) is 390 cm³/mol. The van der Waals surface area contributed by atoms with E-state index in [1.807, 2.05) is 11.3 Å². The molecule has 5 heterocycles. The molecule has 2 aliphatic carbocycles. The van der Waals surface area contributed by atoms with Crippen LogP contribution in [-0.4, -0.2) is 6.71 Å². The quantitative estimate of drug-likeness (QED) is 0.132. The number of nitrogens with zero attached hydrogens (tertiary/aromatic N) is 4. The van der Waals surface area contributed by atoms with Gasteiger partial charge in [-0.2, -0.15) is 10.9 Å². The molecule has 91 heavy (non-hydrogen) atoms. The van der Waals surface area contributed by atoms with Crippen molar-refractivity contribution in [3.05, 3.63) is 265 Å². The molecular formula is C84H73BN4S2. The van der Waals surface area contributed by atoms with Crippen molar-refractivity contribution < 1.29 is 0 Å². The monoisotopic (exact) mass is 1210 g/mol. The maximum absolute atomic E-state index is 2.72. The Morgan fingerprint density at radius 1 is 0.330 bits per heavy atom. The number of para-hydroxylation sites is 5. The van der Waals surface area contributed by atoms with Crippen molar-refractivity contribution in [2.45, 2.75) is 117 Å². The first kappa shape index (κ1) is 54.9. The molecule has 1 unspecified atom stereocenters. The Hall–Kier alpha value is -9.01. The van der Waals surface area contributed by atoms with E-state index in [9.17, 15) is 0 Å². The Morgan fingerprint density at radius 2 is 0.758 bits per heavy atom. The molecule has 4 aliphatic heterocycles. The molecule has 7 heteroatoms. The fourth-order valence-corrected chi connectivity index (χ4v) is 21.3. The van der Waals surface area contributed by atoms with Gasteiger partial charge in [-0.1, -0.05) is 207 Å². The number of benzene rings is 11. The van der Waals surface area contributed by atoms with Gasteiger partial charge in [-0.05, 0) is 199 Å². The van der Waals surface area contributed by atoms with Gasteiger partial charge < -0.3 is 14.7 Å². The maximum atomic E-state index is 2.72. The van der Waals surface area contributed by atoms with Crippen LogP contribution in [0.1, 0.15) is 103 Å². The lowest BCUT2D eigenvalue weighted by atomic mass is 9.33. The predicted octanol–water partition coefficient (Wildman–Crippen LogP) is 22.1. The Labute approximate surface area is 543 Å². The van der Waals surface area contributed by atoms with Gasteiger partial charge in [0.05, 0.1) is 17.1 Å². The molecular weight excluding hydrogens is 1140 g/mol. The lowest BCUT2D eigenvalue weighted by Gasteiger charge is -2.48. The Bertz CT molecular complexity index is 4990. The number of hydrogen-bond acceptors (Lipinski definition) is 5. The summed E-state index contributed by atoms with van der Waals surface area (Å²) < 4.78 is 1.31. The molecule has 0 saturated carbocycles. The first-order valence-corrected chi connectivity index (χ1v) is 34.9. The van der Waals surface area contributed by atoms with Gasteiger partial charge in [0.15, 0.2) is 0 Å². The van der Waals surface area contributed by atoms with E-state index in [1.54, 1.807) is 0 Å². The number of hydrogen-bond donors (Lipinski definition) is 1. The highest BCUT2D eigenvalue weighted by molar-refractivity contribution is 8.18. The van der Waals surface area contributed by atoms with Crippen molar-refractivity contribution in [3.63, 3.8) is 0 Å². The van der Waals surface area contributed by atoms with E-state index in [1.165, 1.54) is 149 Å². The van der Waals surface area contributed by atoms with Gasteiger partial charge in [0, 0.05) is 70.3 Å². The van der Waals surface area contributed by atoms with Gasteiger partial charge >= 0.3 is 0 Å². The van der Waals surface area contributed by atoms with Gasteiger partial charge in [-0.25, -0.2) is 0 Å². The highest BCUT2D eigenvalue weighted by Crippen LogP contribution is 2.74. The lowest BCUT2D eigenvalue weighted by Crippen LogP contribution is -2.61. The minimum atomic E-state index is -1.20. The largest absolute Gasteiger partial charge is 0.311 e. The van der Waals surface area contributed by atoms with Crippen LogP contribution in [0.25, 0.3) is 32.3 Å². The summed E-state index contributed by atoms with van der Waals surface area (Å²) in [6.07, 6.45) is 4.67. The van der Waals surface area contributed by atoms with E-state index in [2.05, 4.69) is 318 Å². The average molecular weight is 1210 g/mol. The van der Waals surface area contributed by atoms with Crippen LogP contribution in [0.4, 0.5) is 67.6 Å². The van der Waals surface area contributed by atoms with Crippen LogP contribution in [0.15, 0.2) is 257 Å². The molecule has 0 bridgehead atoms. The molecule has 0 amide bonds. The second kappa shape index (κ2) is 19.8. The molecule has 0 saturated heterocycles. The van der Waals surface area contributed by atoms with Crippen LogP contribution < -0.4 is 36.0 Å². The summed E-state index contributed by atoms with van der Waals surface area (Å²) in [6, 6.07) is 94.0. The first-order chi connectivity index (χ1) is 44.1. The van der Waals surface area contributed by atoms with Gasteiger partial charge in [-0.15, -0.1) is 11.3 Å². The molecule has 11 aromatic carbocycles. The summed E-state index contributed by atoms with van der Waals surface area (Å²) in [4.78, 5) is 14.7. The Kier molecular flexibility index (Phi) is 11.9. The van der Waals surface area contributed by atoms with Crippen LogP contribution in [0, 0.1) is 0 Å². The molecule has 12 aromatic rings. The van der Waals surface area contributed by atoms with Crippen LogP contribution >= 0.6 is 22.2 Å². The Balaban J connectivity index is 0.957. The third-order valence-corrected chi connectivity index (χ3v) is 25.7. The fraction of sp³-hybridized carbons (Fsp3) is 0.190. The Morgan fingerprint density at radius 3 is 1.30 bits per heavy atom. The molecule has 1 atom stereocenters. The molecule has 18 rings (SSSR count). The van der Waals surface area contributed by atoms with E-state index in [0.717, 1.165) is 29.9 Å². The number of thiol groups is 1.